The molecule has 44 heavy (non-hydrogen) atoms. The van der Waals surface area contributed by atoms with Crippen molar-refractivity contribution in [2.45, 2.75) is 136 Å². The first-order chi connectivity index (χ1) is 21.0. The summed E-state index contributed by atoms with van der Waals surface area (Å²) in [7, 11) is 0. The lowest BCUT2D eigenvalue weighted by Gasteiger charge is -2.32. The van der Waals surface area contributed by atoms with Gasteiger partial charge in [0.05, 0.1) is 19.8 Å². The number of rotatable bonds is 26. The fourth-order valence-corrected chi connectivity index (χ4v) is 4.97. The van der Waals surface area contributed by atoms with Crippen molar-refractivity contribution in [3.63, 3.8) is 0 Å². The van der Waals surface area contributed by atoms with Crippen LogP contribution in [0.1, 0.15) is 137 Å². The highest BCUT2D eigenvalue weighted by atomic mass is 16.6. The Labute approximate surface area is 267 Å². The molecule has 0 bridgehead atoms. The fraction of sp³-hybridized carbons (Fsp3) is 0.778. The molecule has 0 aliphatic heterocycles. The lowest BCUT2D eigenvalue weighted by molar-refractivity contribution is -0.146. The zero-order chi connectivity index (χ0) is 32.8. The molecule has 8 nitrogen and oxygen atoms in total. The summed E-state index contributed by atoms with van der Waals surface area (Å²) in [5.74, 6) is 0.534. The van der Waals surface area contributed by atoms with Gasteiger partial charge >= 0.3 is 11.9 Å². The number of aromatic hydroxyl groups is 1. The second kappa shape index (κ2) is 22.2. The predicted octanol–water partition coefficient (Wildman–Crippen LogP) is 8.19. The third-order valence-electron chi connectivity index (χ3n) is 7.94. The Kier molecular flexibility index (Phi) is 20.1. The largest absolute Gasteiger partial charge is 0.508 e. The number of benzene rings is 1. The average molecular weight is 623 g/mol. The smallest absolute Gasteiger partial charge is 0.305 e. The lowest BCUT2D eigenvalue weighted by Crippen LogP contribution is -2.22. The van der Waals surface area contributed by atoms with Gasteiger partial charge in [0.1, 0.15) is 24.7 Å². The molecule has 1 aromatic rings. The Morgan fingerprint density at radius 2 is 1.07 bits per heavy atom. The van der Waals surface area contributed by atoms with Gasteiger partial charge in [-0.05, 0) is 67.9 Å². The minimum absolute atomic E-state index is 0.218. The average Bonchev–Trinajstić information content (AvgIpc) is 2.97. The van der Waals surface area contributed by atoms with Crippen molar-refractivity contribution >= 4 is 11.9 Å². The molecule has 0 aliphatic carbocycles. The van der Waals surface area contributed by atoms with Crippen LogP contribution in [0.2, 0.25) is 0 Å². The first-order valence-corrected chi connectivity index (χ1v) is 17.0. The topological polar surface area (TPSA) is 101 Å². The molecule has 0 heterocycles. The molecule has 8 heteroatoms. The van der Waals surface area contributed by atoms with Crippen LogP contribution >= 0.6 is 0 Å². The Morgan fingerprint density at radius 3 is 1.55 bits per heavy atom. The normalized spacial score (nSPS) is 11.9. The van der Waals surface area contributed by atoms with Gasteiger partial charge in [-0.1, -0.05) is 67.7 Å². The fourth-order valence-electron chi connectivity index (χ4n) is 4.97. The van der Waals surface area contributed by atoms with Crippen molar-refractivity contribution in [2.24, 2.45) is 0 Å². The van der Waals surface area contributed by atoms with Crippen LogP contribution in [-0.4, -0.2) is 63.3 Å². The van der Waals surface area contributed by atoms with Crippen LogP contribution < -0.4 is 4.74 Å². The van der Waals surface area contributed by atoms with Gasteiger partial charge in [0, 0.05) is 37.2 Å². The van der Waals surface area contributed by atoms with Crippen molar-refractivity contribution < 1.29 is 38.4 Å². The van der Waals surface area contributed by atoms with Crippen LogP contribution in [-0.2, 0) is 39.4 Å². The number of unbranched alkanes of at least 4 members (excludes halogenated alkanes) is 3. The number of phenols is 1. The molecular formula is C36H62O8. The third kappa shape index (κ3) is 16.1. The van der Waals surface area contributed by atoms with Gasteiger partial charge in [-0.3, -0.25) is 9.59 Å². The summed E-state index contributed by atoms with van der Waals surface area (Å²) < 4.78 is 27.8. The highest BCUT2D eigenvalue weighted by Gasteiger charge is 2.31. The van der Waals surface area contributed by atoms with E-state index in [1.807, 2.05) is 12.1 Å². The maximum absolute atomic E-state index is 12.3. The van der Waals surface area contributed by atoms with Crippen LogP contribution in [0.5, 0.6) is 11.5 Å². The van der Waals surface area contributed by atoms with Crippen LogP contribution in [0.4, 0.5) is 0 Å². The van der Waals surface area contributed by atoms with Crippen LogP contribution in [0.3, 0.4) is 0 Å². The van der Waals surface area contributed by atoms with E-state index in [2.05, 4.69) is 48.5 Å². The molecule has 0 spiro atoms. The van der Waals surface area contributed by atoms with Crippen molar-refractivity contribution in [3.05, 3.63) is 23.3 Å². The summed E-state index contributed by atoms with van der Waals surface area (Å²) in [6.07, 6.45) is 9.49. The van der Waals surface area contributed by atoms with E-state index in [1.165, 1.54) is 0 Å². The van der Waals surface area contributed by atoms with E-state index in [-0.39, 0.29) is 41.7 Å². The number of esters is 2. The molecule has 0 radical (unpaired) electrons. The molecule has 254 valence electrons. The lowest BCUT2D eigenvalue weighted by atomic mass is 9.75. The third-order valence-corrected chi connectivity index (χ3v) is 7.94. The van der Waals surface area contributed by atoms with Gasteiger partial charge in [-0.15, -0.1) is 0 Å². The van der Waals surface area contributed by atoms with E-state index in [4.69, 9.17) is 23.7 Å². The minimum atomic E-state index is -0.386. The number of ether oxygens (including phenoxy) is 5. The second-order valence-electron chi connectivity index (χ2n) is 12.9. The predicted molar refractivity (Wildman–Crippen MR) is 176 cm³/mol. The Bertz CT molecular complexity index is 940. The maximum atomic E-state index is 12.3. The van der Waals surface area contributed by atoms with E-state index in [9.17, 15) is 14.7 Å². The number of hydrogen-bond donors (Lipinski definition) is 1. The van der Waals surface area contributed by atoms with E-state index >= 15 is 0 Å². The van der Waals surface area contributed by atoms with Gasteiger partial charge in [-0.2, -0.15) is 0 Å². The monoisotopic (exact) mass is 622 g/mol. The van der Waals surface area contributed by atoms with Gasteiger partial charge in [0.25, 0.3) is 0 Å². The highest BCUT2D eigenvalue weighted by molar-refractivity contribution is 5.69. The summed E-state index contributed by atoms with van der Waals surface area (Å²) >= 11 is 0. The van der Waals surface area contributed by atoms with Gasteiger partial charge < -0.3 is 28.8 Å². The molecule has 0 aromatic heterocycles. The van der Waals surface area contributed by atoms with E-state index < -0.39 is 0 Å². The SMILES string of the molecule is CCCCOCCOC(=O)CCCC(C)(C)c1cc(OCCCC)c(C(C)(C)CCCC(=O)OCCOCCCC)cc1O. The van der Waals surface area contributed by atoms with E-state index in [0.717, 1.165) is 61.8 Å². The molecule has 0 unspecified atom stereocenters. The van der Waals surface area contributed by atoms with Crippen molar-refractivity contribution in [3.8, 4) is 11.5 Å². The van der Waals surface area contributed by atoms with Gasteiger partial charge in [0.15, 0.2) is 0 Å². The highest BCUT2D eigenvalue weighted by Crippen LogP contribution is 2.44. The summed E-state index contributed by atoms with van der Waals surface area (Å²) in [6, 6.07) is 3.80. The van der Waals surface area contributed by atoms with Crippen molar-refractivity contribution in [2.75, 3.05) is 46.2 Å². The van der Waals surface area contributed by atoms with Crippen molar-refractivity contribution in [1.82, 2.24) is 0 Å². The molecule has 0 fully saturated rings. The molecule has 0 saturated carbocycles. The molecule has 0 atom stereocenters. The molecule has 0 amide bonds. The number of carbonyl (C=O) groups is 2. The minimum Gasteiger partial charge on any atom is -0.508 e. The number of phenolic OH excluding ortho intramolecular Hbond substituents is 1. The van der Waals surface area contributed by atoms with E-state index in [1.54, 1.807) is 0 Å². The molecular weight excluding hydrogens is 560 g/mol. The summed E-state index contributed by atoms with van der Waals surface area (Å²) in [5.41, 5.74) is 0.998. The maximum Gasteiger partial charge on any atom is 0.305 e. The zero-order valence-corrected chi connectivity index (χ0v) is 28.9. The second-order valence-corrected chi connectivity index (χ2v) is 12.9. The Morgan fingerprint density at radius 1 is 0.614 bits per heavy atom. The summed E-state index contributed by atoms with van der Waals surface area (Å²) in [6.45, 7) is 18.1. The standard InChI is InChI=1S/C36H62O8/c1-8-11-20-40-23-25-43-33(38)16-14-18-35(4,5)29-28-32(42-22-13-10-3)30(27-31(29)37)36(6,7)19-15-17-34(39)44-26-24-41-21-12-9-2/h27-28,37H,8-26H2,1-7H3. The Hall–Kier alpha value is -2.32. The Balaban J connectivity index is 2.80. The zero-order valence-electron chi connectivity index (χ0n) is 28.9. The van der Waals surface area contributed by atoms with Crippen LogP contribution in [0, 0.1) is 0 Å². The van der Waals surface area contributed by atoms with Crippen LogP contribution in [0.15, 0.2) is 12.1 Å². The van der Waals surface area contributed by atoms with Gasteiger partial charge in [0.2, 0.25) is 0 Å². The number of hydrogen-bond acceptors (Lipinski definition) is 8. The number of carbonyl (C=O) groups excluding carboxylic acids is 2. The van der Waals surface area contributed by atoms with Gasteiger partial charge in [-0.25, -0.2) is 0 Å². The van der Waals surface area contributed by atoms with E-state index in [0.29, 0.717) is 65.1 Å². The van der Waals surface area contributed by atoms with Crippen LogP contribution in [0.25, 0.3) is 0 Å². The first kappa shape index (κ1) is 39.7. The molecule has 1 N–H and O–H groups in total. The molecule has 1 rings (SSSR count). The summed E-state index contributed by atoms with van der Waals surface area (Å²) in [5, 5.41) is 11.2. The summed E-state index contributed by atoms with van der Waals surface area (Å²) in [4.78, 5) is 24.5. The molecule has 0 aliphatic rings. The molecule has 0 saturated heterocycles. The molecule has 1 aromatic carbocycles. The van der Waals surface area contributed by atoms with Crippen molar-refractivity contribution in [1.29, 1.82) is 0 Å². The quantitative estimate of drug-likeness (QED) is 0.0815. The first-order valence-electron chi connectivity index (χ1n) is 17.0.